The SMILES string of the molecule is [C-]#[N+]c1cnc(N2CC[C@]3(C)[C@H]4CC[C@@H]5[C@H]6[C@H](C(=C)C)CC[C@]6(C(=O)O)CC[C@@]5(C)[C@]4(C)CC[C@H]3C2(C)C)nc1. The van der Waals surface area contributed by atoms with Gasteiger partial charge in [0.15, 0.2) is 0 Å². The minimum Gasteiger partial charge on any atom is -0.481 e. The van der Waals surface area contributed by atoms with Gasteiger partial charge in [0.25, 0.3) is 0 Å². The minimum absolute atomic E-state index is 0.0900. The molecule has 0 aromatic carbocycles. The second-order valence-electron chi connectivity index (χ2n) is 15.6. The molecule has 5 fully saturated rings. The topological polar surface area (TPSA) is 70.7 Å². The van der Waals surface area contributed by atoms with Gasteiger partial charge in [-0.3, -0.25) is 4.79 Å². The van der Waals surface area contributed by atoms with Crippen LogP contribution in [-0.4, -0.2) is 33.1 Å². The number of carboxylic acids is 1. The minimum atomic E-state index is -0.561. The van der Waals surface area contributed by atoms with Gasteiger partial charge >= 0.3 is 5.97 Å². The maximum absolute atomic E-state index is 12.9. The lowest BCUT2D eigenvalue weighted by Gasteiger charge is -2.73. The number of piperidine rings is 1. The first-order chi connectivity index (χ1) is 18.8. The number of fused-ring (bicyclic) bond motifs is 7. The van der Waals surface area contributed by atoms with Crippen molar-refractivity contribution in [2.45, 2.75) is 105 Å². The van der Waals surface area contributed by atoms with Crippen molar-refractivity contribution in [2.75, 3.05) is 11.4 Å². The molecule has 0 unspecified atom stereocenters. The Kier molecular flexibility index (Phi) is 6.10. The molecule has 1 N–H and O–H groups in total. The summed E-state index contributed by atoms with van der Waals surface area (Å²) < 4.78 is 0. The molecule has 0 spiro atoms. The first-order valence-electron chi connectivity index (χ1n) is 15.6. The Balaban J connectivity index is 1.35. The second kappa shape index (κ2) is 8.79. The highest BCUT2D eigenvalue weighted by Gasteiger charge is 2.72. The molecule has 216 valence electrons. The lowest BCUT2D eigenvalue weighted by molar-refractivity contribution is -0.230. The van der Waals surface area contributed by atoms with Gasteiger partial charge in [-0.15, -0.1) is 0 Å². The summed E-state index contributed by atoms with van der Waals surface area (Å²) >= 11 is 0. The van der Waals surface area contributed by atoms with Gasteiger partial charge in [0.05, 0.1) is 12.0 Å². The van der Waals surface area contributed by atoms with Crippen molar-refractivity contribution >= 4 is 17.6 Å². The molecule has 0 bridgehead atoms. The quantitative estimate of drug-likeness (QED) is 0.309. The molecule has 40 heavy (non-hydrogen) atoms. The summed E-state index contributed by atoms with van der Waals surface area (Å²) in [5.74, 6) is 2.34. The van der Waals surface area contributed by atoms with Crippen LogP contribution in [0.4, 0.5) is 11.6 Å². The number of allylic oxidation sites excluding steroid dienone is 1. The molecule has 2 heterocycles. The van der Waals surface area contributed by atoms with E-state index in [1.807, 2.05) is 0 Å². The number of carbonyl (C=O) groups is 1. The molecular formula is C34H48N4O2. The van der Waals surface area contributed by atoms with Crippen molar-refractivity contribution in [1.29, 1.82) is 0 Å². The van der Waals surface area contributed by atoms with Crippen molar-refractivity contribution < 1.29 is 9.90 Å². The van der Waals surface area contributed by atoms with Crippen LogP contribution in [0, 0.1) is 57.8 Å². The fourth-order valence-corrected chi connectivity index (χ4v) is 12.1. The fraction of sp³-hybridized carbons (Fsp3) is 0.765. The zero-order valence-corrected chi connectivity index (χ0v) is 25.5. The Hall–Kier alpha value is -2.42. The Morgan fingerprint density at radius 2 is 1.68 bits per heavy atom. The average molecular weight is 545 g/mol. The summed E-state index contributed by atoms with van der Waals surface area (Å²) in [6.07, 6.45) is 12.8. The first-order valence-corrected chi connectivity index (χ1v) is 15.6. The number of aromatic nitrogens is 2. The monoisotopic (exact) mass is 544 g/mol. The van der Waals surface area contributed by atoms with Crippen LogP contribution >= 0.6 is 0 Å². The summed E-state index contributed by atoms with van der Waals surface area (Å²) in [7, 11) is 0. The Labute approximate surface area is 240 Å². The van der Waals surface area contributed by atoms with Gasteiger partial charge in [0, 0.05) is 24.5 Å². The molecule has 4 saturated carbocycles. The molecule has 1 aromatic rings. The molecule has 0 amide bonds. The summed E-state index contributed by atoms with van der Waals surface area (Å²) in [5.41, 5.74) is 1.58. The van der Waals surface area contributed by atoms with E-state index >= 15 is 0 Å². The van der Waals surface area contributed by atoms with Crippen LogP contribution in [-0.2, 0) is 4.79 Å². The molecule has 1 aromatic heterocycles. The van der Waals surface area contributed by atoms with Gasteiger partial charge in [-0.25, -0.2) is 14.8 Å². The number of hydrogen-bond acceptors (Lipinski definition) is 4. The van der Waals surface area contributed by atoms with Gasteiger partial charge in [0.1, 0.15) is 0 Å². The van der Waals surface area contributed by atoms with E-state index in [0.29, 0.717) is 29.4 Å². The van der Waals surface area contributed by atoms with Crippen LogP contribution < -0.4 is 4.90 Å². The Morgan fingerprint density at radius 3 is 2.30 bits per heavy atom. The van der Waals surface area contributed by atoms with Crippen LogP contribution in [0.15, 0.2) is 24.5 Å². The normalized spacial score (nSPS) is 45.3. The number of anilines is 1. The van der Waals surface area contributed by atoms with Gasteiger partial charge in [-0.1, -0.05) is 32.9 Å². The molecule has 1 saturated heterocycles. The van der Waals surface area contributed by atoms with Gasteiger partial charge < -0.3 is 10.0 Å². The van der Waals surface area contributed by atoms with E-state index in [2.05, 4.69) is 67.8 Å². The highest BCUT2D eigenvalue weighted by atomic mass is 16.4. The summed E-state index contributed by atoms with van der Waals surface area (Å²) in [6.45, 7) is 27.2. The number of hydrogen-bond donors (Lipinski definition) is 1. The van der Waals surface area contributed by atoms with Crippen LogP contribution in [0.1, 0.15) is 99.3 Å². The van der Waals surface area contributed by atoms with Crippen molar-refractivity contribution in [3.05, 3.63) is 36.0 Å². The zero-order chi connectivity index (χ0) is 28.9. The lowest BCUT2D eigenvalue weighted by Crippen LogP contribution is -2.70. The molecule has 9 atom stereocenters. The van der Waals surface area contributed by atoms with E-state index in [1.54, 1.807) is 12.4 Å². The van der Waals surface area contributed by atoms with E-state index in [0.717, 1.165) is 51.0 Å². The maximum atomic E-state index is 12.9. The van der Waals surface area contributed by atoms with Crippen LogP contribution in [0.25, 0.3) is 4.85 Å². The summed E-state index contributed by atoms with van der Waals surface area (Å²) in [5, 5.41) is 10.6. The Bertz CT molecular complexity index is 1270. The first kappa shape index (κ1) is 27.7. The molecule has 6 heteroatoms. The van der Waals surface area contributed by atoms with E-state index in [1.165, 1.54) is 24.8 Å². The molecule has 4 aliphatic carbocycles. The standard InChI is InChI=1S/C34H48N4O2/c1-21(2)23-11-14-34(28(39)40)16-15-32(6)24(27(23)34)9-10-26-31(5)17-18-38(29-36-19-22(35-8)20-37-29)30(3,4)25(31)12-13-33(26,32)7/h19-20,23-27H,1,9-18H2,2-7H3,(H,39,40)/t23-,24+,25-,26+,27+,31-,32+,33+,34-/m0/s1. The largest absolute Gasteiger partial charge is 0.481 e. The predicted octanol–water partition coefficient (Wildman–Crippen LogP) is 7.94. The van der Waals surface area contributed by atoms with Gasteiger partial charge in [-0.2, -0.15) is 0 Å². The lowest BCUT2D eigenvalue weighted by atomic mass is 9.33. The summed E-state index contributed by atoms with van der Waals surface area (Å²) in [6, 6.07) is 0. The third-order valence-corrected chi connectivity index (χ3v) is 14.2. The predicted molar refractivity (Wildman–Crippen MR) is 158 cm³/mol. The molecule has 5 aliphatic rings. The highest BCUT2D eigenvalue weighted by Crippen LogP contribution is 2.76. The second-order valence-corrected chi connectivity index (χ2v) is 15.6. The van der Waals surface area contributed by atoms with Crippen molar-refractivity contribution in [2.24, 2.45) is 51.2 Å². The molecule has 0 radical (unpaired) electrons. The van der Waals surface area contributed by atoms with Crippen molar-refractivity contribution in [3.63, 3.8) is 0 Å². The smallest absolute Gasteiger partial charge is 0.309 e. The number of aliphatic carboxylic acids is 1. The third-order valence-electron chi connectivity index (χ3n) is 14.2. The van der Waals surface area contributed by atoms with Crippen molar-refractivity contribution in [3.8, 4) is 0 Å². The molecule has 6 rings (SSSR count). The number of rotatable bonds is 3. The Morgan fingerprint density at radius 1 is 0.975 bits per heavy atom. The van der Waals surface area contributed by atoms with E-state index < -0.39 is 11.4 Å². The fourth-order valence-electron chi connectivity index (χ4n) is 12.1. The third kappa shape index (κ3) is 3.36. The molecule has 1 aliphatic heterocycles. The van der Waals surface area contributed by atoms with E-state index in [9.17, 15) is 9.90 Å². The maximum Gasteiger partial charge on any atom is 0.309 e. The average Bonchev–Trinajstić information content (AvgIpc) is 3.30. The van der Waals surface area contributed by atoms with Gasteiger partial charge in [-0.05, 0) is 124 Å². The van der Waals surface area contributed by atoms with Crippen LogP contribution in [0.3, 0.4) is 0 Å². The zero-order valence-electron chi connectivity index (χ0n) is 25.5. The van der Waals surface area contributed by atoms with Crippen molar-refractivity contribution in [1.82, 2.24) is 9.97 Å². The van der Waals surface area contributed by atoms with Crippen LogP contribution in [0.2, 0.25) is 0 Å². The van der Waals surface area contributed by atoms with E-state index in [-0.39, 0.29) is 27.7 Å². The highest BCUT2D eigenvalue weighted by molar-refractivity contribution is 5.76. The number of carboxylic acid groups (broad SMARTS) is 1. The number of nitrogens with zero attached hydrogens (tertiary/aromatic N) is 4. The summed E-state index contributed by atoms with van der Waals surface area (Å²) in [4.78, 5) is 28.0. The van der Waals surface area contributed by atoms with Crippen LogP contribution in [0.5, 0.6) is 0 Å². The molecular weight excluding hydrogens is 496 g/mol. The molecule has 6 nitrogen and oxygen atoms in total. The van der Waals surface area contributed by atoms with Gasteiger partial charge in [0.2, 0.25) is 11.6 Å². The van der Waals surface area contributed by atoms with E-state index in [4.69, 9.17) is 6.57 Å².